The molecule has 6 heteroatoms. The topological polar surface area (TPSA) is 67.6 Å². The SMILES string of the molecule is O=C1CCn2c(N3CCC(O)(C#CCOc4ccccc4)CC3)nc3cccc1c32. The van der Waals surface area contributed by atoms with Crippen LogP contribution < -0.4 is 9.64 Å². The second kappa shape index (κ2) is 7.51. The van der Waals surface area contributed by atoms with Crippen molar-refractivity contribution < 1.29 is 14.6 Å². The average Bonchev–Trinajstić information content (AvgIpc) is 3.15. The number of aliphatic hydroxyl groups is 1. The van der Waals surface area contributed by atoms with Gasteiger partial charge in [0.2, 0.25) is 5.95 Å². The van der Waals surface area contributed by atoms with Gasteiger partial charge in [-0.25, -0.2) is 4.98 Å². The second-order valence-corrected chi connectivity index (χ2v) is 7.83. The maximum Gasteiger partial charge on any atom is 0.206 e. The zero-order chi connectivity index (χ0) is 20.6. The first-order valence-corrected chi connectivity index (χ1v) is 10.3. The van der Waals surface area contributed by atoms with Crippen molar-refractivity contribution in [3.8, 4) is 17.6 Å². The van der Waals surface area contributed by atoms with E-state index in [9.17, 15) is 9.90 Å². The molecule has 30 heavy (non-hydrogen) atoms. The molecular weight excluding hydrogens is 378 g/mol. The Labute approximate surface area is 175 Å². The van der Waals surface area contributed by atoms with E-state index in [0.717, 1.165) is 28.3 Å². The molecule has 1 aromatic heterocycles. The summed E-state index contributed by atoms with van der Waals surface area (Å²) in [5.74, 6) is 7.80. The number of imidazole rings is 1. The second-order valence-electron chi connectivity index (χ2n) is 7.83. The van der Waals surface area contributed by atoms with Gasteiger partial charge >= 0.3 is 0 Å². The van der Waals surface area contributed by atoms with Crippen LogP contribution in [0.2, 0.25) is 0 Å². The highest BCUT2D eigenvalue weighted by Gasteiger charge is 2.33. The zero-order valence-corrected chi connectivity index (χ0v) is 16.7. The first-order valence-electron chi connectivity index (χ1n) is 10.3. The molecule has 1 saturated heterocycles. The molecule has 6 nitrogen and oxygen atoms in total. The number of ether oxygens (including phenoxy) is 1. The molecule has 0 spiro atoms. The van der Waals surface area contributed by atoms with Crippen molar-refractivity contribution in [3.05, 3.63) is 54.1 Å². The minimum Gasteiger partial charge on any atom is -0.481 e. The van der Waals surface area contributed by atoms with Crippen LogP contribution in [0.4, 0.5) is 5.95 Å². The largest absolute Gasteiger partial charge is 0.481 e. The number of aryl methyl sites for hydroxylation is 1. The van der Waals surface area contributed by atoms with Gasteiger partial charge in [-0.3, -0.25) is 4.79 Å². The molecule has 0 radical (unpaired) electrons. The molecule has 0 amide bonds. The molecule has 0 aliphatic carbocycles. The van der Waals surface area contributed by atoms with E-state index in [-0.39, 0.29) is 12.4 Å². The van der Waals surface area contributed by atoms with Crippen molar-refractivity contribution in [2.75, 3.05) is 24.6 Å². The Balaban J connectivity index is 1.28. The maximum absolute atomic E-state index is 12.2. The number of ketones is 1. The lowest BCUT2D eigenvalue weighted by Crippen LogP contribution is -2.44. The van der Waals surface area contributed by atoms with Gasteiger partial charge < -0.3 is 19.3 Å². The van der Waals surface area contributed by atoms with Crippen LogP contribution in [0.3, 0.4) is 0 Å². The van der Waals surface area contributed by atoms with Gasteiger partial charge in [-0.05, 0) is 24.3 Å². The van der Waals surface area contributed by atoms with Crippen molar-refractivity contribution in [2.24, 2.45) is 0 Å². The number of carbonyl (C=O) groups is 1. The Morgan fingerprint density at radius 3 is 2.67 bits per heavy atom. The van der Waals surface area contributed by atoms with Crippen molar-refractivity contribution in [1.29, 1.82) is 0 Å². The molecule has 5 rings (SSSR count). The van der Waals surface area contributed by atoms with Gasteiger partial charge in [-0.15, -0.1) is 0 Å². The maximum atomic E-state index is 12.2. The number of carbonyl (C=O) groups excluding carboxylic acids is 1. The number of anilines is 1. The lowest BCUT2D eigenvalue weighted by molar-refractivity contribution is 0.0739. The normalized spacial score (nSPS) is 17.5. The van der Waals surface area contributed by atoms with Crippen LogP contribution in [0.25, 0.3) is 11.0 Å². The number of benzene rings is 2. The van der Waals surface area contributed by atoms with Crippen LogP contribution >= 0.6 is 0 Å². The molecule has 3 aromatic rings. The average molecular weight is 401 g/mol. The van der Waals surface area contributed by atoms with E-state index < -0.39 is 5.60 Å². The summed E-state index contributed by atoms with van der Waals surface area (Å²) >= 11 is 0. The molecule has 0 atom stereocenters. The summed E-state index contributed by atoms with van der Waals surface area (Å²) in [4.78, 5) is 19.2. The Bertz CT molecular complexity index is 1150. The molecule has 2 aromatic carbocycles. The highest BCUT2D eigenvalue weighted by molar-refractivity contribution is 6.08. The molecule has 2 aliphatic rings. The third kappa shape index (κ3) is 3.42. The smallest absolute Gasteiger partial charge is 0.206 e. The number of hydrogen-bond donors (Lipinski definition) is 1. The van der Waals surface area contributed by atoms with E-state index in [0.29, 0.717) is 38.9 Å². The molecule has 152 valence electrons. The van der Waals surface area contributed by atoms with E-state index in [1.165, 1.54) is 0 Å². The number of piperidine rings is 1. The first-order chi connectivity index (χ1) is 14.6. The zero-order valence-electron chi connectivity index (χ0n) is 16.7. The van der Waals surface area contributed by atoms with E-state index in [1.807, 2.05) is 48.5 Å². The molecular formula is C24H23N3O3. The summed E-state index contributed by atoms with van der Waals surface area (Å²) in [5, 5.41) is 10.9. The Morgan fingerprint density at radius 2 is 1.87 bits per heavy atom. The lowest BCUT2D eigenvalue weighted by Gasteiger charge is -2.36. The number of para-hydroxylation sites is 2. The van der Waals surface area contributed by atoms with E-state index >= 15 is 0 Å². The van der Waals surface area contributed by atoms with Gasteiger partial charge in [0, 0.05) is 44.5 Å². The summed E-state index contributed by atoms with van der Waals surface area (Å²) in [6.45, 7) is 2.23. The summed E-state index contributed by atoms with van der Waals surface area (Å²) < 4.78 is 7.74. The number of nitrogens with zero attached hydrogens (tertiary/aromatic N) is 3. The lowest BCUT2D eigenvalue weighted by atomic mass is 9.92. The summed E-state index contributed by atoms with van der Waals surface area (Å²) in [6, 6.07) is 15.3. The minimum atomic E-state index is -1.01. The molecule has 3 heterocycles. The standard InChI is InChI=1S/C24H23N3O3/c28-21-10-14-27-22-19(21)8-4-9-20(22)25-23(27)26-15-12-24(29,13-16-26)11-5-17-30-18-6-2-1-3-7-18/h1-4,6-9,29H,10,12-17H2. The fourth-order valence-corrected chi connectivity index (χ4v) is 4.24. The van der Waals surface area contributed by atoms with Crippen molar-refractivity contribution in [1.82, 2.24) is 9.55 Å². The van der Waals surface area contributed by atoms with E-state index in [4.69, 9.17) is 9.72 Å². The van der Waals surface area contributed by atoms with E-state index in [1.54, 1.807) is 0 Å². The molecule has 0 saturated carbocycles. The van der Waals surface area contributed by atoms with Crippen LogP contribution in [-0.2, 0) is 6.54 Å². The fraction of sp³-hybridized carbons (Fsp3) is 0.333. The number of hydrogen-bond acceptors (Lipinski definition) is 5. The fourth-order valence-electron chi connectivity index (χ4n) is 4.24. The molecule has 1 fully saturated rings. The van der Waals surface area contributed by atoms with Crippen molar-refractivity contribution in [3.63, 3.8) is 0 Å². The third-order valence-electron chi connectivity index (χ3n) is 5.86. The van der Waals surface area contributed by atoms with E-state index in [2.05, 4.69) is 21.3 Å². The van der Waals surface area contributed by atoms with Gasteiger partial charge in [0.05, 0.1) is 11.0 Å². The predicted molar refractivity (Wildman–Crippen MR) is 115 cm³/mol. The molecule has 0 bridgehead atoms. The predicted octanol–water partition coefficient (Wildman–Crippen LogP) is 3.04. The van der Waals surface area contributed by atoms with Crippen LogP contribution in [0.1, 0.15) is 29.6 Å². The Morgan fingerprint density at radius 1 is 1.07 bits per heavy atom. The Hall–Kier alpha value is -3.30. The van der Waals surface area contributed by atoms with Gasteiger partial charge in [0.25, 0.3) is 0 Å². The van der Waals surface area contributed by atoms with Crippen LogP contribution in [0.15, 0.2) is 48.5 Å². The van der Waals surface area contributed by atoms with Gasteiger partial charge in [0.1, 0.15) is 18.0 Å². The molecule has 1 N–H and O–H groups in total. The molecule has 0 unspecified atom stereocenters. The van der Waals surface area contributed by atoms with Crippen LogP contribution in [0.5, 0.6) is 5.75 Å². The van der Waals surface area contributed by atoms with Gasteiger partial charge in [-0.2, -0.15) is 0 Å². The Kier molecular flexibility index (Phi) is 4.68. The van der Waals surface area contributed by atoms with Crippen LogP contribution in [0, 0.1) is 11.8 Å². The van der Waals surface area contributed by atoms with Crippen molar-refractivity contribution >= 4 is 22.8 Å². The first kappa shape index (κ1) is 18.7. The van der Waals surface area contributed by atoms with Crippen molar-refractivity contribution in [2.45, 2.75) is 31.4 Å². The highest BCUT2D eigenvalue weighted by atomic mass is 16.5. The van der Waals surface area contributed by atoms with Gasteiger partial charge in [-0.1, -0.05) is 36.1 Å². The minimum absolute atomic E-state index is 0.181. The number of aromatic nitrogens is 2. The molecule has 2 aliphatic heterocycles. The number of rotatable bonds is 3. The van der Waals surface area contributed by atoms with Crippen LogP contribution in [-0.4, -0.2) is 45.7 Å². The summed E-state index contributed by atoms with van der Waals surface area (Å²) in [5.41, 5.74) is 1.54. The highest BCUT2D eigenvalue weighted by Crippen LogP contribution is 2.32. The van der Waals surface area contributed by atoms with Gasteiger partial charge in [0.15, 0.2) is 5.78 Å². The number of Topliss-reactive ketones (excluding diaryl/α,β-unsaturated/α-hetero) is 1. The monoisotopic (exact) mass is 401 g/mol. The quantitative estimate of drug-likeness (QED) is 0.684. The third-order valence-corrected chi connectivity index (χ3v) is 5.86. The summed E-state index contributed by atoms with van der Waals surface area (Å²) in [6.07, 6.45) is 1.58. The summed E-state index contributed by atoms with van der Waals surface area (Å²) in [7, 11) is 0.